The third kappa shape index (κ3) is 3.54. The Morgan fingerprint density at radius 2 is 1.96 bits per heavy atom. The van der Waals surface area contributed by atoms with Crippen LogP contribution in [0.3, 0.4) is 0 Å². The minimum Gasteiger partial charge on any atom is -0.476 e. The minimum atomic E-state index is -1.21. The normalized spacial score (nSPS) is 17.7. The summed E-state index contributed by atoms with van der Waals surface area (Å²) in [6.07, 6.45) is 2.20. The van der Waals surface area contributed by atoms with Crippen LogP contribution in [0.15, 0.2) is 36.4 Å². The molecule has 1 aliphatic heterocycles. The van der Waals surface area contributed by atoms with Gasteiger partial charge in [-0.05, 0) is 43.0 Å². The van der Waals surface area contributed by atoms with Crippen LogP contribution >= 0.6 is 11.6 Å². The van der Waals surface area contributed by atoms with E-state index in [9.17, 15) is 19.1 Å². The predicted molar refractivity (Wildman–Crippen MR) is 102 cm³/mol. The van der Waals surface area contributed by atoms with Gasteiger partial charge in [0.2, 0.25) is 5.91 Å². The third-order valence-corrected chi connectivity index (χ3v) is 5.53. The molecule has 146 valence electrons. The molecule has 2 fully saturated rings. The summed E-state index contributed by atoms with van der Waals surface area (Å²) in [4.78, 5) is 30.1. The third-order valence-electron chi connectivity index (χ3n) is 5.23. The number of carbonyl (C=O) groups is 2. The van der Waals surface area contributed by atoms with Crippen molar-refractivity contribution >= 4 is 29.3 Å². The second-order valence-corrected chi connectivity index (χ2v) is 7.86. The topological polar surface area (TPSA) is 82.5 Å². The molecule has 0 radical (unpaired) electrons. The zero-order chi connectivity index (χ0) is 19.9. The van der Waals surface area contributed by atoms with Gasteiger partial charge < -0.3 is 15.3 Å². The zero-order valence-electron chi connectivity index (χ0n) is 15.0. The number of anilines is 1. The van der Waals surface area contributed by atoms with Crippen molar-refractivity contribution in [3.8, 4) is 0 Å². The van der Waals surface area contributed by atoms with E-state index in [4.69, 9.17) is 11.6 Å². The lowest BCUT2D eigenvalue weighted by Gasteiger charge is -2.49. The van der Waals surface area contributed by atoms with E-state index < -0.39 is 11.4 Å². The number of rotatable bonds is 6. The maximum absolute atomic E-state index is 14.2. The molecule has 0 unspecified atom stereocenters. The Balaban J connectivity index is 1.57. The summed E-state index contributed by atoms with van der Waals surface area (Å²) in [7, 11) is 0. The van der Waals surface area contributed by atoms with Gasteiger partial charge in [-0.25, -0.2) is 14.2 Å². The molecule has 2 heterocycles. The molecule has 1 amide bonds. The summed E-state index contributed by atoms with van der Waals surface area (Å²) in [6, 6.07) is 9.75. The Labute approximate surface area is 166 Å². The van der Waals surface area contributed by atoms with Crippen LogP contribution in [0.4, 0.5) is 10.2 Å². The number of aromatic carboxylic acids is 1. The second-order valence-electron chi connectivity index (χ2n) is 7.46. The van der Waals surface area contributed by atoms with Gasteiger partial charge in [-0.15, -0.1) is 0 Å². The van der Waals surface area contributed by atoms with Crippen molar-refractivity contribution in [2.75, 3.05) is 18.0 Å². The predicted octanol–water partition coefficient (Wildman–Crippen LogP) is 2.90. The van der Waals surface area contributed by atoms with Gasteiger partial charge in [0.1, 0.15) is 11.6 Å². The Bertz CT molecular complexity index is 942. The van der Waals surface area contributed by atoms with E-state index >= 15 is 0 Å². The highest BCUT2D eigenvalue weighted by Crippen LogP contribution is 2.39. The first-order valence-corrected chi connectivity index (χ1v) is 9.45. The molecular formula is C20H19ClFN3O3. The van der Waals surface area contributed by atoms with E-state index in [0.29, 0.717) is 24.5 Å². The van der Waals surface area contributed by atoms with Crippen LogP contribution < -0.4 is 10.2 Å². The van der Waals surface area contributed by atoms with Crippen molar-refractivity contribution in [2.24, 2.45) is 5.41 Å². The van der Waals surface area contributed by atoms with E-state index in [1.165, 1.54) is 12.1 Å². The molecule has 4 rings (SSSR count). The van der Waals surface area contributed by atoms with Crippen LogP contribution in [0.2, 0.25) is 5.02 Å². The highest BCUT2D eigenvalue weighted by molar-refractivity contribution is 6.33. The van der Waals surface area contributed by atoms with E-state index in [0.717, 1.165) is 12.8 Å². The maximum atomic E-state index is 14.2. The van der Waals surface area contributed by atoms with Crippen LogP contribution in [-0.2, 0) is 11.2 Å². The Hall–Kier alpha value is -2.67. The van der Waals surface area contributed by atoms with Crippen LogP contribution in [-0.4, -0.2) is 41.1 Å². The fourth-order valence-electron chi connectivity index (χ4n) is 3.51. The molecule has 1 aromatic carbocycles. The highest BCUT2D eigenvalue weighted by Gasteiger charge is 2.51. The van der Waals surface area contributed by atoms with Crippen molar-refractivity contribution in [3.05, 3.63) is 58.5 Å². The Morgan fingerprint density at radius 1 is 1.25 bits per heavy atom. The summed E-state index contributed by atoms with van der Waals surface area (Å²) in [5.74, 6) is -1.21. The standard InChI is InChI=1S/C20H19ClFN3O3/c21-14-7-8-16(24-17(14)18(26)27)25-10-20(11-25,19(28)23-13-5-6-13)9-12-3-1-2-4-15(12)22/h1-4,7-8,13H,5-6,9-11H2,(H,23,28)(H,26,27). The number of halogens is 2. The van der Waals surface area contributed by atoms with Gasteiger partial charge in [-0.1, -0.05) is 29.8 Å². The molecule has 28 heavy (non-hydrogen) atoms. The lowest BCUT2D eigenvalue weighted by Crippen LogP contribution is -2.65. The van der Waals surface area contributed by atoms with Crippen molar-refractivity contribution in [1.82, 2.24) is 10.3 Å². The molecule has 1 saturated heterocycles. The van der Waals surface area contributed by atoms with Gasteiger partial charge in [0.25, 0.3) is 0 Å². The molecule has 8 heteroatoms. The van der Waals surface area contributed by atoms with Gasteiger partial charge in [-0.3, -0.25) is 4.79 Å². The van der Waals surface area contributed by atoms with Crippen molar-refractivity contribution in [3.63, 3.8) is 0 Å². The molecular weight excluding hydrogens is 385 g/mol. The lowest BCUT2D eigenvalue weighted by molar-refractivity contribution is -0.132. The zero-order valence-corrected chi connectivity index (χ0v) is 15.7. The number of amides is 1. The van der Waals surface area contributed by atoms with Crippen LogP contribution in [0.1, 0.15) is 28.9 Å². The molecule has 0 spiro atoms. The SMILES string of the molecule is O=C(O)c1nc(N2CC(Cc3ccccc3F)(C(=O)NC3CC3)C2)ccc1Cl. The first-order chi connectivity index (χ1) is 13.4. The summed E-state index contributed by atoms with van der Waals surface area (Å²) < 4.78 is 14.2. The van der Waals surface area contributed by atoms with Gasteiger partial charge >= 0.3 is 5.97 Å². The molecule has 1 aliphatic carbocycles. The van der Waals surface area contributed by atoms with Crippen LogP contribution in [0.5, 0.6) is 0 Å². The monoisotopic (exact) mass is 403 g/mol. The van der Waals surface area contributed by atoms with E-state index in [-0.39, 0.29) is 34.9 Å². The van der Waals surface area contributed by atoms with E-state index in [1.54, 1.807) is 24.3 Å². The maximum Gasteiger partial charge on any atom is 0.356 e. The quantitative estimate of drug-likeness (QED) is 0.775. The average Bonchev–Trinajstić information content (AvgIpc) is 3.43. The fraction of sp³-hybridized carbons (Fsp3) is 0.350. The first kappa shape index (κ1) is 18.7. The number of carboxylic acid groups (broad SMARTS) is 1. The van der Waals surface area contributed by atoms with E-state index in [2.05, 4.69) is 10.3 Å². The number of benzene rings is 1. The Kier molecular flexibility index (Phi) is 4.71. The van der Waals surface area contributed by atoms with E-state index in [1.807, 2.05) is 4.90 Å². The van der Waals surface area contributed by atoms with Gasteiger partial charge in [0.05, 0.1) is 10.4 Å². The molecule has 2 aromatic rings. The van der Waals surface area contributed by atoms with Gasteiger partial charge in [0.15, 0.2) is 5.69 Å². The summed E-state index contributed by atoms with van der Waals surface area (Å²) in [5, 5.41) is 12.3. The summed E-state index contributed by atoms with van der Waals surface area (Å²) in [6.45, 7) is 0.654. The second kappa shape index (κ2) is 7.05. The van der Waals surface area contributed by atoms with Crippen molar-refractivity contribution in [2.45, 2.75) is 25.3 Å². The van der Waals surface area contributed by atoms with Gasteiger partial charge in [-0.2, -0.15) is 0 Å². The van der Waals surface area contributed by atoms with Crippen LogP contribution in [0.25, 0.3) is 0 Å². The van der Waals surface area contributed by atoms with Crippen LogP contribution in [0, 0.1) is 11.2 Å². The first-order valence-electron chi connectivity index (χ1n) is 9.07. The smallest absolute Gasteiger partial charge is 0.356 e. The van der Waals surface area contributed by atoms with Crippen molar-refractivity contribution in [1.29, 1.82) is 0 Å². The number of hydrogen-bond acceptors (Lipinski definition) is 4. The van der Waals surface area contributed by atoms with Crippen molar-refractivity contribution < 1.29 is 19.1 Å². The largest absolute Gasteiger partial charge is 0.476 e. The summed E-state index contributed by atoms with van der Waals surface area (Å²) in [5.41, 5.74) is -0.522. The molecule has 6 nitrogen and oxygen atoms in total. The number of aromatic nitrogens is 1. The number of carboxylic acids is 1. The minimum absolute atomic E-state index is 0.0564. The fourth-order valence-corrected chi connectivity index (χ4v) is 3.70. The Morgan fingerprint density at radius 3 is 2.61 bits per heavy atom. The number of hydrogen-bond donors (Lipinski definition) is 2. The number of pyridine rings is 1. The summed E-state index contributed by atoms with van der Waals surface area (Å²) >= 11 is 5.88. The molecule has 2 aliphatic rings. The number of nitrogens with zero attached hydrogens (tertiary/aromatic N) is 2. The number of carbonyl (C=O) groups excluding carboxylic acids is 1. The lowest BCUT2D eigenvalue weighted by atomic mass is 9.73. The number of nitrogens with one attached hydrogen (secondary N) is 1. The molecule has 2 N–H and O–H groups in total. The molecule has 0 bridgehead atoms. The molecule has 1 saturated carbocycles. The van der Waals surface area contributed by atoms with Gasteiger partial charge in [0, 0.05) is 19.1 Å². The molecule has 0 atom stereocenters. The highest BCUT2D eigenvalue weighted by atomic mass is 35.5. The molecule has 1 aromatic heterocycles. The average molecular weight is 404 g/mol.